The maximum Gasteiger partial charge on any atom is 0.274 e. The number of para-hydroxylation sites is 1. The predicted molar refractivity (Wildman–Crippen MR) is 102 cm³/mol. The Kier molecular flexibility index (Phi) is 6.76. The highest BCUT2D eigenvalue weighted by Gasteiger charge is 2.27. The van der Waals surface area contributed by atoms with Crippen LogP contribution in [0.1, 0.15) is 33.8 Å². The topological polar surface area (TPSA) is 93.3 Å². The largest absolute Gasteiger partial charge is 0.364 e. The molecule has 0 bridgehead atoms. The van der Waals surface area contributed by atoms with E-state index in [1.807, 2.05) is 42.3 Å². The third-order valence-corrected chi connectivity index (χ3v) is 4.48. The fourth-order valence-electron chi connectivity index (χ4n) is 3.29. The van der Waals surface area contributed by atoms with E-state index in [4.69, 9.17) is 5.73 Å². The van der Waals surface area contributed by atoms with Gasteiger partial charge in [0.15, 0.2) is 5.69 Å². The van der Waals surface area contributed by atoms with E-state index in [2.05, 4.69) is 10.4 Å². The molecule has 1 fully saturated rings. The van der Waals surface area contributed by atoms with E-state index >= 15 is 0 Å². The number of likely N-dealkylation sites (tertiary alicyclic amines) is 1. The molecule has 140 valence electrons. The Balaban J connectivity index is 0.00000243. The van der Waals surface area contributed by atoms with Crippen molar-refractivity contribution in [2.75, 3.05) is 26.7 Å². The Hall–Kier alpha value is -2.38. The van der Waals surface area contributed by atoms with Gasteiger partial charge in [-0.15, -0.1) is 12.4 Å². The van der Waals surface area contributed by atoms with Crippen LogP contribution in [0, 0.1) is 5.92 Å². The van der Waals surface area contributed by atoms with Gasteiger partial charge < -0.3 is 16.0 Å². The molecule has 2 heterocycles. The summed E-state index contributed by atoms with van der Waals surface area (Å²) in [5.41, 5.74) is 6.63. The molecule has 26 heavy (non-hydrogen) atoms. The zero-order valence-electron chi connectivity index (χ0n) is 14.7. The first-order valence-electron chi connectivity index (χ1n) is 8.49. The van der Waals surface area contributed by atoms with Crippen molar-refractivity contribution in [1.29, 1.82) is 0 Å². The van der Waals surface area contributed by atoms with Gasteiger partial charge in [0.05, 0.1) is 5.69 Å². The van der Waals surface area contributed by atoms with Gasteiger partial charge in [0.2, 0.25) is 0 Å². The van der Waals surface area contributed by atoms with E-state index in [9.17, 15) is 9.59 Å². The Bertz CT molecular complexity index is 760. The first-order chi connectivity index (χ1) is 12.1. The Morgan fingerprint density at radius 2 is 2.04 bits per heavy atom. The van der Waals surface area contributed by atoms with E-state index in [1.165, 1.54) is 10.7 Å². The molecule has 8 heteroatoms. The van der Waals surface area contributed by atoms with Gasteiger partial charge in [-0.3, -0.25) is 9.59 Å². The highest BCUT2D eigenvalue weighted by Crippen LogP contribution is 2.19. The van der Waals surface area contributed by atoms with Crippen LogP contribution in [0.2, 0.25) is 0 Å². The second-order valence-electron chi connectivity index (χ2n) is 6.34. The number of rotatable bonds is 5. The van der Waals surface area contributed by atoms with Crippen LogP contribution in [0.4, 0.5) is 0 Å². The fourth-order valence-corrected chi connectivity index (χ4v) is 3.29. The number of benzene rings is 1. The van der Waals surface area contributed by atoms with E-state index in [0.717, 1.165) is 19.4 Å². The van der Waals surface area contributed by atoms with Crippen molar-refractivity contribution < 1.29 is 9.59 Å². The minimum Gasteiger partial charge on any atom is -0.364 e. The zero-order chi connectivity index (χ0) is 17.8. The van der Waals surface area contributed by atoms with Gasteiger partial charge >= 0.3 is 0 Å². The Morgan fingerprint density at radius 3 is 2.69 bits per heavy atom. The summed E-state index contributed by atoms with van der Waals surface area (Å²) >= 11 is 0. The second-order valence-corrected chi connectivity index (χ2v) is 6.34. The van der Waals surface area contributed by atoms with Crippen molar-refractivity contribution in [2.24, 2.45) is 11.7 Å². The van der Waals surface area contributed by atoms with Gasteiger partial charge in [0, 0.05) is 19.2 Å². The third-order valence-electron chi connectivity index (χ3n) is 4.48. The molecule has 2 amide bonds. The zero-order valence-corrected chi connectivity index (χ0v) is 15.5. The van der Waals surface area contributed by atoms with Crippen molar-refractivity contribution in [3.8, 4) is 5.69 Å². The van der Waals surface area contributed by atoms with Crippen LogP contribution in [0.25, 0.3) is 5.69 Å². The molecule has 1 aliphatic heterocycles. The van der Waals surface area contributed by atoms with Crippen LogP contribution in [-0.4, -0.2) is 53.2 Å². The summed E-state index contributed by atoms with van der Waals surface area (Å²) in [4.78, 5) is 26.4. The van der Waals surface area contributed by atoms with Crippen molar-refractivity contribution in [1.82, 2.24) is 20.0 Å². The molecule has 1 atom stereocenters. The lowest BCUT2D eigenvalue weighted by molar-refractivity contribution is 0.0667. The number of amides is 2. The third kappa shape index (κ3) is 4.23. The van der Waals surface area contributed by atoms with Crippen LogP contribution in [0.15, 0.2) is 36.4 Å². The first-order valence-corrected chi connectivity index (χ1v) is 8.49. The lowest BCUT2D eigenvalue weighted by Crippen LogP contribution is -2.42. The van der Waals surface area contributed by atoms with Gasteiger partial charge in [0.1, 0.15) is 5.69 Å². The fraction of sp³-hybridized carbons (Fsp3) is 0.389. The SMILES string of the molecule is CNCC1CCCN(C(=O)c2cc(C(N)=O)n(-c3ccccc3)n2)C1.Cl. The van der Waals surface area contributed by atoms with Crippen LogP contribution in [0.3, 0.4) is 0 Å². The summed E-state index contributed by atoms with van der Waals surface area (Å²) in [5, 5.41) is 7.52. The number of carbonyl (C=O) groups excluding carboxylic acids is 2. The molecule has 2 aromatic rings. The standard InChI is InChI=1S/C18H23N5O2.ClH/c1-20-11-13-6-5-9-22(12-13)18(25)15-10-16(17(19)24)23(21-15)14-7-3-2-4-8-14;/h2-4,7-8,10,13,20H,5-6,9,11-12H2,1H3,(H2,19,24);1H. The van der Waals surface area contributed by atoms with E-state index in [-0.39, 0.29) is 29.7 Å². The van der Waals surface area contributed by atoms with E-state index in [1.54, 1.807) is 0 Å². The lowest BCUT2D eigenvalue weighted by atomic mass is 9.98. The summed E-state index contributed by atoms with van der Waals surface area (Å²) < 4.78 is 1.44. The predicted octanol–water partition coefficient (Wildman–Crippen LogP) is 1.46. The van der Waals surface area contributed by atoms with E-state index in [0.29, 0.717) is 24.7 Å². The Labute approximate surface area is 159 Å². The van der Waals surface area contributed by atoms with Gasteiger partial charge in [-0.1, -0.05) is 18.2 Å². The molecular weight excluding hydrogens is 354 g/mol. The number of hydrogen-bond acceptors (Lipinski definition) is 4. The molecule has 1 saturated heterocycles. The molecule has 0 spiro atoms. The summed E-state index contributed by atoms with van der Waals surface area (Å²) in [5.74, 6) is -0.324. The Morgan fingerprint density at radius 1 is 1.31 bits per heavy atom. The molecule has 0 aliphatic carbocycles. The molecular formula is C18H24ClN5O2. The average molecular weight is 378 g/mol. The minimum absolute atomic E-state index is 0. The van der Waals surface area contributed by atoms with Gasteiger partial charge in [0.25, 0.3) is 11.8 Å². The lowest BCUT2D eigenvalue weighted by Gasteiger charge is -2.32. The maximum atomic E-state index is 12.8. The molecule has 3 N–H and O–H groups in total. The summed E-state index contributed by atoms with van der Waals surface area (Å²) in [6, 6.07) is 10.7. The maximum absolute atomic E-state index is 12.8. The van der Waals surface area contributed by atoms with E-state index < -0.39 is 5.91 Å². The molecule has 7 nitrogen and oxygen atoms in total. The smallest absolute Gasteiger partial charge is 0.274 e. The highest BCUT2D eigenvalue weighted by atomic mass is 35.5. The summed E-state index contributed by atoms with van der Waals surface area (Å²) in [6.07, 6.45) is 2.08. The molecule has 0 saturated carbocycles. The normalized spacial score (nSPS) is 16.8. The average Bonchev–Trinajstić information content (AvgIpc) is 3.08. The molecule has 1 aromatic heterocycles. The number of nitrogens with zero attached hydrogens (tertiary/aromatic N) is 3. The van der Waals surface area contributed by atoms with Gasteiger partial charge in [-0.2, -0.15) is 5.10 Å². The van der Waals surface area contributed by atoms with Gasteiger partial charge in [-0.05, 0) is 44.5 Å². The highest BCUT2D eigenvalue weighted by molar-refractivity contribution is 5.97. The quantitative estimate of drug-likeness (QED) is 0.825. The van der Waals surface area contributed by atoms with Crippen molar-refractivity contribution in [2.45, 2.75) is 12.8 Å². The number of nitrogens with two attached hydrogens (primary N) is 1. The van der Waals surface area contributed by atoms with Gasteiger partial charge in [-0.25, -0.2) is 4.68 Å². The number of hydrogen-bond donors (Lipinski definition) is 2. The van der Waals surface area contributed by atoms with Crippen LogP contribution < -0.4 is 11.1 Å². The number of piperidine rings is 1. The molecule has 1 aliphatic rings. The number of aromatic nitrogens is 2. The number of carbonyl (C=O) groups is 2. The molecule has 3 rings (SSSR count). The number of primary amides is 1. The minimum atomic E-state index is -0.609. The summed E-state index contributed by atoms with van der Waals surface area (Å²) in [6.45, 7) is 2.29. The second kappa shape index (κ2) is 8.82. The van der Waals surface area contributed by atoms with Crippen molar-refractivity contribution in [3.05, 3.63) is 47.8 Å². The van der Waals surface area contributed by atoms with Crippen LogP contribution in [0.5, 0.6) is 0 Å². The number of nitrogens with one attached hydrogen (secondary N) is 1. The molecule has 0 radical (unpaired) electrons. The van der Waals surface area contributed by atoms with Crippen molar-refractivity contribution in [3.63, 3.8) is 0 Å². The van der Waals surface area contributed by atoms with Crippen LogP contribution >= 0.6 is 12.4 Å². The van der Waals surface area contributed by atoms with Crippen molar-refractivity contribution >= 4 is 24.2 Å². The van der Waals surface area contributed by atoms with Crippen LogP contribution in [-0.2, 0) is 0 Å². The number of halogens is 1. The first kappa shape index (κ1) is 19.9. The summed E-state index contributed by atoms with van der Waals surface area (Å²) in [7, 11) is 1.92. The monoisotopic (exact) mass is 377 g/mol. The molecule has 1 unspecified atom stereocenters. The molecule has 1 aromatic carbocycles.